The zero-order chi connectivity index (χ0) is 13.1. The van der Waals surface area contributed by atoms with Crippen molar-refractivity contribution >= 4 is 33.2 Å². The van der Waals surface area contributed by atoms with Gasteiger partial charge in [-0.1, -0.05) is 12.1 Å². The molecule has 2 aromatic rings. The van der Waals surface area contributed by atoms with Gasteiger partial charge >= 0.3 is 5.97 Å². The SMILES string of the molecule is Cc1cccc(C(=O)O)c1OCc1cc(Br)cs1. The number of hydrogen-bond acceptors (Lipinski definition) is 3. The van der Waals surface area contributed by atoms with Crippen LogP contribution in [0.1, 0.15) is 20.8 Å². The first kappa shape index (κ1) is 13.1. The fourth-order valence-electron chi connectivity index (χ4n) is 1.59. The summed E-state index contributed by atoms with van der Waals surface area (Å²) in [4.78, 5) is 12.1. The lowest BCUT2D eigenvalue weighted by Gasteiger charge is -2.10. The summed E-state index contributed by atoms with van der Waals surface area (Å²) in [6.07, 6.45) is 0. The van der Waals surface area contributed by atoms with Crippen LogP contribution in [0.2, 0.25) is 0 Å². The van der Waals surface area contributed by atoms with Crippen LogP contribution in [0, 0.1) is 6.92 Å². The molecule has 3 nitrogen and oxygen atoms in total. The lowest BCUT2D eigenvalue weighted by molar-refractivity contribution is 0.0691. The van der Waals surface area contributed by atoms with Crippen molar-refractivity contribution in [3.8, 4) is 5.75 Å². The Morgan fingerprint density at radius 2 is 2.28 bits per heavy atom. The van der Waals surface area contributed by atoms with Crippen LogP contribution in [-0.2, 0) is 6.61 Å². The van der Waals surface area contributed by atoms with Gasteiger partial charge in [0.25, 0.3) is 0 Å². The van der Waals surface area contributed by atoms with Crippen LogP contribution in [-0.4, -0.2) is 11.1 Å². The number of rotatable bonds is 4. The van der Waals surface area contributed by atoms with E-state index in [4.69, 9.17) is 9.84 Å². The monoisotopic (exact) mass is 326 g/mol. The van der Waals surface area contributed by atoms with E-state index in [9.17, 15) is 4.79 Å². The lowest BCUT2D eigenvalue weighted by atomic mass is 10.1. The molecule has 1 N–H and O–H groups in total. The molecule has 0 unspecified atom stereocenters. The molecule has 0 radical (unpaired) electrons. The van der Waals surface area contributed by atoms with E-state index in [-0.39, 0.29) is 5.56 Å². The highest BCUT2D eigenvalue weighted by molar-refractivity contribution is 9.10. The molecule has 1 heterocycles. The molecule has 1 aromatic carbocycles. The van der Waals surface area contributed by atoms with Gasteiger partial charge in [-0.05, 0) is 40.5 Å². The van der Waals surface area contributed by atoms with Crippen molar-refractivity contribution < 1.29 is 14.6 Å². The van der Waals surface area contributed by atoms with E-state index < -0.39 is 5.97 Å². The lowest BCUT2D eigenvalue weighted by Crippen LogP contribution is -2.04. The van der Waals surface area contributed by atoms with Gasteiger partial charge in [0.1, 0.15) is 17.9 Å². The maximum absolute atomic E-state index is 11.1. The Morgan fingerprint density at radius 3 is 2.89 bits per heavy atom. The maximum atomic E-state index is 11.1. The van der Waals surface area contributed by atoms with Gasteiger partial charge in [-0.2, -0.15) is 0 Å². The molecule has 0 aliphatic carbocycles. The minimum atomic E-state index is -0.971. The number of carbonyl (C=O) groups is 1. The van der Waals surface area contributed by atoms with Crippen LogP contribution in [0.15, 0.2) is 34.1 Å². The topological polar surface area (TPSA) is 46.5 Å². The third-order valence-corrected chi connectivity index (χ3v) is 4.09. The Labute approximate surface area is 117 Å². The number of para-hydroxylation sites is 1. The fraction of sp³-hybridized carbons (Fsp3) is 0.154. The first-order chi connectivity index (χ1) is 8.58. The Hall–Kier alpha value is -1.33. The molecule has 94 valence electrons. The Bertz CT molecular complexity index is 577. The van der Waals surface area contributed by atoms with E-state index in [2.05, 4.69) is 15.9 Å². The van der Waals surface area contributed by atoms with Crippen molar-refractivity contribution in [3.05, 3.63) is 50.1 Å². The number of ether oxygens (including phenoxy) is 1. The predicted molar refractivity (Wildman–Crippen MR) is 74.5 cm³/mol. The van der Waals surface area contributed by atoms with Gasteiger partial charge in [0.2, 0.25) is 0 Å². The summed E-state index contributed by atoms with van der Waals surface area (Å²) in [7, 11) is 0. The van der Waals surface area contributed by atoms with Gasteiger partial charge in [-0.25, -0.2) is 4.79 Å². The molecule has 0 saturated heterocycles. The Balaban J connectivity index is 2.20. The number of carboxylic acid groups (broad SMARTS) is 1. The van der Waals surface area contributed by atoms with Gasteiger partial charge < -0.3 is 9.84 Å². The highest BCUT2D eigenvalue weighted by Crippen LogP contribution is 2.26. The first-order valence-corrected chi connectivity index (χ1v) is 6.94. The van der Waals surface area contributed by atoms with Crippen LogP contribution < -0.4 is 4.74 Å². The number of hydrogen-bond donors (Lipinski definition) is 1. The highest BCUT2D eigenvalue weighted by atomic mass is 79.9. The van der Waals surface area contributed by atoms with Crippen molar-refractivity contribution in [1.29, 1.82) is 0 Å². The van der Waals surface area contributed by atoms with E-state index >= 15 is 0 Å². The van der Waals surface area contributed by atoms with Gasteiger partial charge in [0.15, 0.2) is 0 Å². The molecule has 0 fully saturated rings. The van der Waals surface area contributed by atoms with E-state index in [0.29, 0.717) is 12.4 Å². The molecular weight excluding hydrogens is 316 g/mol. The molecule has 0 aliphatic heterocycles. The Kier molecular flexibility index (Phi) is 4.04. The molecular formula is C13H11BrO3S. The first-order valence-electron chi connectivity index (χ1n) is 5.26. The molecule has 0 aliphatic rings. The largest absolute Gasteiger partial charge is 0.487 e. The summed E-state index contributed by atoms with van der Waals surface area (Å²) < 4.78 is 6.65. The van der Waals surface area contributed by atoms with Crippen LogP contribution in [0.5, 0.6) is 5.75 Å². The van der Waals surface area contributed by atoms with Crippen LogP contribution in [0.4, 0.5) is 0 Å². The van der Waals surface area contributed by atoms with Crippen LogP contribution in [0.3, 0.4) is 0 Å². The molecule has 0 spiro atoms. The van der Waals surface area contributed by atoms with E-state index in [1.807, 2.05) is 24.4 Å². The molecule has 0 bridgehead atoms. The molecule has 18 heavy (non-hydrogen) atoms. The average Bonchev–Trinajstić information content (AvgIpc) is 2.73. The Morgan fingerprint density at radius 1 is 1.50 bits per heavy atom. The van der Waals surface area contributed by atoms with Gasteiger partial charge in [-0.3, -0.25) is 0 Å². The second kappa shape index (κ2) is 5.54. The molecule has 0 amide bonds. The maximum Gasteiger partial charge on any atom is 0.339 e. The minimum Gasteiger partial charge on any atom is -0.487 e. The summed E-state index contributed by atoms with van der Waals surface area (Å²) in [5.41, 5.74) is 1.02. The van der Waals surface area contributed by atoms with Crippen LogP contribution in [0.25, 0.3) is 0 Å². The normalized spacial score (nSPS) is 10.3. The third-order valence-electron chi connectivity index (χ3n) is 2.42. The van der Waals surface area contributed by atoms with Gasteiger partial charge in [0.05, 0.1) is 0 Å². The summed E-state index contributed by atoms with van der Waals surface area (Å²) >= 11 is 4.94. The molecule has 0 atom stereocenters. The molecule has 1 aromatic heterocycles. The smallest absolute Gasteiger partial charge is 0.339 e. The van der Waals surface area contributed by atoms with Crippen LogP contribution >= 0.6 is 27.3 Å². The van der Waals surface area contributed by atoms with Crippen molar-refractivity contribution in [1.82, 2.24) is 0 Å². The summed E-state index contributed by atoms with van der Waals surface area (Å²) in [6.45, 7) is 2.22. The summed E-state index contributed by atoms with van der Waals surface area (Å²) in [5, 5.41) is 11.1. The van der Waals surface area contributed by atoms with E-state index in [1.165, 1.54) is 0 Å². The van der Waals surface area contributed by atoms with Crippen molar-refractivity contribution in [2.75, 3.05) is 0 Å². The molecule has 0 saturated carbocycles. The van der Waals surface area contributed by atoms with E-state index in [1.54, 1.807) is 23.5 Å². The summed E-state index contributed by atoms with van der Waals surface area (Å²) in [6, 6.07) is 7.07. The summed E-state index contributed by atoms with van der Waals surface area (Å²) in [5.74, 6) is -0.532. The second-order valence-electron chi connectivity index (χ2n) is 3.78. The van der Waals surface area contributed by atoms with Gasteiger partial charge in [-0.15, -0.1) is 11.3 Å². The standard InChI is InChI=1S/C13H11BrO3S/c1-8-3-2-4-11(13(15)16)12(8)17-6-10-5-9(14)7-18-10/h2-5,7H,6H2,1H3,(H,15,16). The molecule has 5 heteroatoms. The number of halogens is 1. The third kappa shape index (κ3) is 2.91. The zero-order valence-corrected chi connectivity index (χ0v) is 12.0. The number of aryl methyl sites for hydroxylation is 1. The van der Waals surface area contributed by atoms with Crippen molar-refractivity contribution in [2.45, 2.75) is 13.5 Å². The number of carboxylic acids is 1. The zero-order valence-electron chi connectivity index (χ0n) is 9.64. The number of thiophene rings is 1. The van der Waals surface area contributed by atoms with Crippen molar-refractivity contribution in [2.24, 2.45) is 0 Å². The minimum absolute atomic E-state index is 0.200. The molecule has 2 rings (SSSR count). The highest BCUT2D eigenvalue weighted by Gasteiger charge is 2.13. The van der Waals surface area contributed by atoms with Crippen molar-refractivity contribution in [3.63, 3.8) is 0 Å². The quantitative estimate of drug-likeness (QED) is 0.920. The average molecular weight is 327 g/mol. The van der Waals surface area contributed by atoms with Gasteiger partial charge in [0, 0.05) is 14.7 Å². The number of aromatic carboxylic acids is 1. The number of benzene rings is 1. The second-order valence-corrected chi connectivity index (χ2v) is 5.69. The fourth-order valence-corrected chi connectivity index (χ4v) is 2.95. The van der Waals surface area contributed by atoms with E-state index in [0.717, 1.165) is 14.9 Å². The predicted octanol–water partition coefficient (Wildman–Crippen LogP) is 4.10.